The fraction of sp³-hybridized carbons (Fsp3) is 0.0714. The molecule has 0 aliphatic rings. The summed E-state index contributed by atoms with van der Waals surface area (Å²) in [6.45, 7) is 0. The number of hydrogen-bond acceptors (Lipinski definition) is 4. The Kier molecular flexibility index (Phi) is 4.13. The normalized spacial score (nSPS) is 10.0. The monoisotopic (exact) mass is 290 g/mol. The predicted molar refractivity (Wildman–Crippen MR) is 72.1 cm³/mol. The van der Waals surface area contributed by atoms with Crippen LogP contribution in [0.4, 0.5) is 10.2 Å². The highest BCUT2D eigenvalue weighted by Gasteiger charge is 2.18. The van der Waals surface area contributed by atoms with Gasteiger partial charge in [0.25, 0.3) is 5.91 Å². The van der Waals surface area contributed by atoms with E-state index in [2.05, 4.69) is 10.3 Å². The van der Waals surface area contributed by atoms with Crippen molar-refractivity contribution in [2.75, 3.05) is 12.4 Å². The van der Waals surface area contributed by atoms with E-state index in [1.54, 1.807) is 0 Å². The van der Waals surface area contributed by atoms with E-state index in [0.717, 1.165) is 6.07 Å². The lowest BCUT2D eigenvalue weighted by atomic mass is 10.1. The summed E-state index contributed by atoms with van der Waals surface area (Å²) < 4.78 is 18.7. The molecule has 6 nitrogen and oxygen atoms in total. The zero-order valence-corrected chi connectivity index (χ0v) is 11.0. The Morgan fingerprint density at radius 1 is 1.33 bits per heavy atom. The van der Waals surface area contributed by atoms with Crippen molar-refractivity contribution in [3.8, 4) is 5.75 Å². The summed E-state index contributed by atoms with van der Waals surface area (Å²) in [6, 6.07) is 6.43. The van der Waals surface area contributed by atoms with Crippen LogP contribution in [0.3, 0.4) is 0 Å². The molecule has 2 N–H and O–H groups in total. The van der Waals surface area contributed by atoms with Crippen molar-refractivity contribution in [3.63, 3.8) is 0 Å². The quantitative estimate of drug-likeness (QED) is 0.901. The smallest absolute Gasteiger partial charge is 0.335 e. The maximum absolute atomic E-state index is 13.7. The van der Waals surface area contributed by atoms with Crippen molar-refractivity contribution in [1.82, 2.24) is 4.98 Å². The van der Waals surface area contributed by atoms with E-state index in [1.165, 1.54) is 37.6 Å². The van der Waals surface area contributed by atoms with Crippen LogP contribution < -0.4 is 10.1 Å². The molecule has 1 aromatic heterocycles. The van der Waals surface area contributed by atoms with Gasteiger partial charge < -0.3 is 15.2 Å². The van der Waals surface area contributed by atoms with Crippen LogP contribution in [0.1, 0.15) is 20.7 Å². The van der Waals surface area contributed by atoms with Crippen LogP contribution in [-0.2, 0) is 0 Å². The molecule has 21 heavy (non-hydrogen) atoms. The summed E-state index contributed by atoms with van der Waals surface area (Å²) in [4.78, 5) is 26.7. The number of carbonyl (C=O) groups is 2. The van der Waals surface area contributed by atoms with E-state index < -0.39 is 17.7 Å². The van der Waals surface area contributed by atoms with Gasteiger partial charge in [-0.15, -0.1) is 0 Å². The van der Waals surface area contributed by atoms with Crippen molar-refractivity contribution in [3.05, 3.63) is 53.5 Å². The van der Waals surface area contributed by atoms with E-state index >= 15 is 0 Å². The fourth-order valence-electron chi connectivity index (χ4n) is 1.71. The number of amides is 1. The molecule has 1 amide bonds. The molecule has 2 rings (SSSR count). The van der Waals surface area contributed by atoms with E-state index in [1.807, 2.05) is 0 Å². The van der Waals surface area contributed by atoms with Crippen LogP contribution in [0.15, 0.2) is 36.5 Å². The number of anilines is 1. The Labute approximate surface area is 119 Å². The molecule has 0 saturated carbocycles. The Bertz CT molecular complexity index is 703. The van der Waals surface area contributed by atoms with Gasteiger partial charge in [0.2, 0.25) is 0 Å². The van der Waals surface area contributed by atoms with Crippen LogP contribution >= 0.6 is 0 Å². The third kappa shape index (κ3) is 3.14. The number of aromatic nitrogens is 1. The average molecular weight is 290 g/mol. The zero-order valence-electron chi connectivity index (χ0n) is 11.0. The van der Waals surface area contributed by atoms with Crippen LogP contribution in [0, 0.1) is 5.82 Å². The molecular formula is C14H11FN2O4. The number of pyridine rings is 1. The number of halogens is 1. The summed E-state index contributed by atoms with van der Waals surface area (Å²) in [7, 11) is 1.31. The fourth-order valence-corrected chi connectivity index (χ4v) is 1.71. The molecule has 1 aromatic carbocycles. The van der Waals surface area contributed by atoms with Crippen LogP contribution in [0.25, 0.3) is 0 Å². The number of rotatable bonds is 4. The van der Waals surface area contributed by atoms with Crippen LogP contribution in [0.2, 0.25) is 0 Å². The zero-order chi connectivity index (χ0) is 15.4. The second-order valence-electron chi connectivity index (χ2n) is 4.01. The van der Waals surface area contributed by atoms with E-state index in [-0.39, 0.29) is 22.7 Å². The van der Waals surface area contributed by atoms with Gasteiger partial charge in [0.1, 0.15) is 22.9 Å². The lowest BCUT2D eigenvalue weighted by Gasteiger charge is -2.09. The number of benzene rings is 1. The lowest BCUT2D eigenvalue weighted by Crippen LogP contribution is -2.16. The average Bonchev–Trinajstić information content (AvgIpc) is 2.46. The molecular weight excluding hydrogens is 279 g/mol. The largest absolute Gasteiger partial charge is 0.496 e. The molecule has 2 aromatic rings. The van der Waals surface area contributed by atoms with Crippen molar-refractivity contribution in [2.24, 2.45) is 0 Å². The summed E-state index contributed by atoms with van der Waals surface area (Å²) in [5.74, 6) is -2.61. The maximum Gasteiger partial charge on any atom is 0.335 e. The Balaban J connectivity index is 2.30. The highest BCUT2D eigenvalue weighted by Crippen LogP contribution is 2.22. The Morgan fingerprint density at radius 2 is 2.10 bits per heavy atom. The summed E-state index contributed by atoms with van der Waals surface area (Å²) in [5, 5.41) is 11.2. The number of nitrogens with zero attached hydrogens (tertiary/aromatic N) is 1. The number of nitrogens with one attached hydrogen (secondary N) is 1. The van der Waals surface area contributed by atoms with Gasteiger partial charge in [-0.25, -0.2) is 14.2 Å². The van der Waals surface area contributed by atoms with E-state index in [4.69, 9.17) is 9.84 Å². The topological polar surface area (TPSA) is 88.5 Å². The number of ether oxygens (including phenoxy) is 1. The van der Waals surface area contributed by atoms with Crippen molar-refractivity contribution < 1.29 is 23.8 Å². The van der Waals surface area contributed by atoms with Gasteiger partial charge in [-0.3, -0.25) is 4.79 Å². The second-order valence-corrected chi connectivity index (χ2v) is 4.01. The number of carboxylic acid groups (broad SMARTS) is 1. The minimum absolute atomic E-state index is 0.00482. The number of hydrogen-bond donors (Lipinski definition) is 2. The van der Waals surface area contributed by atoms with Gasteiger partial charge in [-0.1, -0.05) is 6.07 Å². The Morgan fingerprint density at radius 3 is 2.76 bits per heavy atom. The van der Waals surface area contributed by atoms with Gasteiger partial charge in [-0.2, -0.15) is 0 Å². The molecule has 0 radical (unpaired) electrons. The summed E-state index contributed by atoms with van der Waals surface area (Å²) >= 11 is 0. The molecule has 0 bridgehead atoms. The standard InChI is InChI=1S/C14H11FN2O4/c1-21-10-4-2-3-9(15)12(10)13(18)17-11-7-8(14(19)20)5-6-16-11/h2-7H,1H3,(H,19,20)(H,16,17,18). The van der Waals surface area contributed by atoms with Gasteiger partial charge in [0.05, 0.1) is 12.7 Å². The maximum atomic E-state index is 13.7. The third-order valence-electron chi connectivity index (χ3n) is 2.67. The molecule has 0 aliphatic carbocycles. The molecule has 0 unspecified atom stereocenters. The highest BCUT2D eigenvalue weighted by atomic mass is 19.1. The van der Waals surface area contributed by atoms with Gasteiger partial charge >= 0.3 is 5.97 Å². The Hall–Kier alpha value is -2.96. The molecule has 0 fully saturated rings. The molecule has 0 spiro atoms. The first-order chi connectivity index (χ1) is 10.0. The van der Waals surface area contributed by atoms with E-state index in [0.29, 0.717) is 0 Å². The minimum atomic E-state index is -1.16. The van der Waals surface area contributed by atoms with Crippen LogP contribution in [0.5, 0.6) is 5.75 Å². The lowest BCUT2D eigenvalue weighted by molar-refractivity contribution is 0.0696. The van der Waals surface area contributed by atoms with Gasteiger partial charge in [0.15, 0.2) is 0 Å². The van der Waals surface area contributed by atoms with Crippen molar-refractivity contribution in [1.29, 1.82) is 0 Å². The number of methoxy groups -OCH3 is 1. The van der Waals surface area contributed by atoms with Gasteiger partial charge in [0, 0.05) is 6.20 Å². The van der Waals surface area contributed by atoms with Crippen molar-refractivity contribution >= 4 is 17.7 Å². The molecule has 0 saturated heterocycles. The highest BCUT2D eigenvalue weighted by molar-refractivity contribution is 6.06. The molecule has 0 aliphatic heterocycles. The first-order valence-corrected chi connectivity index (χ1v) is 5.86. The van der Waals surface area contributed by atoms with E-state index in [9.17, 15) is 14.0 Å². The SMILES string of the molecule is COc1cccc(F)c1C(=O)Nc1cc(C(=O)O)ccn1. The van der Waals surface area contributed by atoms with Gasteiger partial charge in [-0.05, 0) is 24.3 Å². The summed E-state index contributed by atoms with van der Waals surface area (Å²) in [6.07, 6.45) is 1.23. The number of carbonyl (C=O) groups excluding carboxylic acids is 1. The molecule has 0 atom stereocenters. The molecule has 7 heteroatoms. The molecule has 1 heterocycles. The van der Waals surface area contributed by atoms with Crippen molar-refractivity contribution in [2.45, 2.75) is 0 Å². The minimum Gasteiger partial charge on any atom is -0.496 e. The number of carboxylic acids is 1. The summed E-state index contributed by atoms with van der Waals surface area (Å²) in [5.41, 5.74) is -0.316. The number of aromatic carboxylic acids is 1. The van der Waals surface area contributed by atoms with Crippen LogP contribution in [-0.4, -0.2) is 29.1 Å². The third-order valence-corrected chi connectivity index (χ3v) is 2.67. The predicted octanol–water partition coefficient (Wildman–Crippen LogP) is 2.18. The first-order valence-electron chi connectivity index (χ1n) is 5.86. The molecule has 108 valence electrons. The first kappa shape index (κ1) is 14.4. The second kappa shape index (κ2) is 6.00.